The molecule has 0 aliphatic carbocycles. The third kappa shape index (κ3) is 6.25. The molecule has 1 fully saturated rings. The van der Waals surface area contributed by atoms with E-state index >= 15 is 0 Å². The van der Waals surface area contributed by atoms with Crippen molar-refractivity contribution in [3.63, 3.8) is 0 Å². The van der Waals surface area contributed by atoms with Crippen molar-refractivity contribution >= 4 is 26.6 Å². The van der Waals surface area contributed by atoms with Crippen molar-refractivity contribution in [2.75, 3.05) is 38.7 Å². The minimum Gasteiger partial charge on any atom is -0.544 e. The highest BCUT2D eigenvalue weighted by Gasteiger charge is 2.20. The van der Waals surface area contributed by atoms with Crippen LogP contribution in [0.2, 0.25) is 6.55 Å². The molecule has 0 unspecified atom stereocenters. The third-order valence-corrected chi connectivity index (χ3v) is 7.86. The van der Waals surface area contributed by atoms with Gasteiger partial charge >= 0.3 is 0 Å². The van der Waals surface area contributed by atoms with Gasteiger partial charge in [0.05, 0.1) is 37.7 Å². The first-order chi connectivity index (χ1) is 19.5. The van der Waals surface area contributed by atoms with Crippen molar-refractivity contribution in [3.8, 4) is 28.7 Å². The van der Waals surface area contributed by atoms with Crippen LogP contribution in [0, 0.1) is 11.3 Å². The van der Waals surface area contributed by atoms with Gasteiger partial charge < -0.3 is 24.1 Å². The summed E-state index contributed by atoms with van der Waals surface area (Å²) in [6, 6.07) is 12.8. The molecule has 204 valence electrons. The normalized spacial score (nSPS) is 13.8. The van der Waals surface area contributed by atoms with Gasteiger partial charge in [-0.3, -0.25) is 9.48 Å². The number of nitriles is 1. The quantitative estimate of drug-likeness (QED) is 0.306. The first-order valence-electron chi connectivity index (χ1n) is 12.7. The van der Waals surface area contributed by atoms with E-state index in [1.807, 2.05) is 18.7 Å². The average molecular weight is 557 g/mol. The molecule has 40 heavy (non-hydrogen) atoms. The fraction of sp³-hybridized carbons (Fsp3) is 0.259. The van der Waals surface area contributed by atoms with Crippen LogP contribution in [-0.2, 0) is 10.9 Å². The highest BCUT2D eigenvalue weighted by atomic mass is 28.3. The maximum absolute atomic E-state index is 12.8. The Balaban J connectivity index is 1.29. The van der Waals surface area contributed by atoms with Crippen molar-refractivity contribution < 1.29 is 18.7 Å². The van der Waals surface area contributed by atoms with E-state index in [4.69, 9.17) is 13.9 Å². The highest BCUT2D eigenvalue weighted by molar-refractivity contribution is 6.49. The van der Waals surface area contributed by atoms with E-state index in [9.17, 15) is 10.1 Å². The molecule has 0 bridgehead atoms. The smallest absolute Gasteiger partial charge is 0.254 e. The molecule has 1 aliphatic rings. The summed E-state index contributed by atoms with van der Waals surface area (Å²) >= 11 is 0. The lowest BCUT2D eigenvalue weighted by molar-refractivity contribution is 0.0302. The Labute approximate surface area is 232 Å². The van der Waals surface area contributed by atoms with E-state index in [0.29, 0.717) is 66.7 Å². The summed E-state index contributed by atoms with van der Waals surface area (Å²) < 4.78 is 18.8. The number of anilines is 2. The Bertz CT molecular complexity index is 1500. The first-order valence-corrected chi connectivity index (χ1v) is 15.2. The lowest BCUT2D eigenvalue weighted by atomic mass is 10.1. The molecule has 2 aromatic heterocycles. The third-order valence-electron chi connectivity index (χ3n) is 6.32. The van der Waals surface area contributed by atoms with E-state index in [1.165, 1.54) is 6.33 Å². The molecule has 13 heteroatoms. The fourth-order valence-electron chi connectivity index (χ4n) is 4.27. The molecule has 0 spiro atoms. The summed E-state index contributed by atoms with van der Waals surface area (Å²) in [5, 5.41) is 16.9. The lowest BCUT2D eigenvalue weighted by Gasteiger charge is -2.27. The number of nitrogens with one attached hydrogen (secondary N) is 1. The van der Waals surface area contributed by atoms with Crippen LogP contribution in [0.3, 0.4) is 0 Å². The van der Waals surface area contributed by atoms with Crippen molar-refractivity contribution in [2.24, 2.45) is 0 Å². The summed E-state index contributed by atoms with van der Waals surface area (Å²) in [5.41, 5.74) is 3.23. The second kappa shape index (κ2) is 12.4. The molecule has 0 radical (unpaired) electrons. The van der Waals surface area contributed by atoms with Gasteiger partial charge in [-0.1, -0.05) is 6.07 Å². The topological polar surface area (TPSA) is 140 Å². The minimum absolute atomic E-state index is 0.0602. The molecule has 12 nitrogen and oxygen atoms in total. The van der Waals surface area contributed by atoms with Gasteiger partial charge in [0.15, 0.2) is 0 Å². The number of hydrogen-bond acceptors (Lipinski definition) is 10. The molecule has 5 rings (SSSR count). The largest absolute Gasteiger partial charge is 0.544 e. The van der Waals surface area contributed by atoms with Crippen molar-refractivity contribution in [1.82, 2.24) is 29.6 Å². The number of ether oxygens (including phenoxy) is 2. The van der Waals surface area contributed by atoms with Crippen molar-refractivity contribution in [2.45, 2.75) is 12.7 Å². The summed E-state index contributed by atoms with van der Waals surface area (Å²) in [6.45, 7) is 4.25. The standard InChI is InChI=1S/C27H28N8O4Si/c1-37-25-12-20(26(36)34-7-9-38-10-8-34)5-6-23(25)33-27-30-14-22(15-31-27)19-3-4-21(13-28)24(11-19)39-40(2)18-35-17-29-16-32-35/h3-6,11-12,14-17,40H,7-10,18H2,1-2H3,(H,30,31,33)/t40-/m0/s1. The fourth-order valence-corrected chi connectivity index (χ4v) is 5.69. The Kier molecular flexibility index (Phi) is 8.28. The summed E-state index contributed by atoms with van der Waals surface area (Å²) in [7, 11) is -0.177. The predicted octanol–water partition coefficient (Wildman–Crippen LogP) is 2.80. The highest BCUT2D eigenvalue weighted by Crippen LogP contribution is 2.30. The van der Waals surface area contributed by atoms with Crippen LogP contribution >= 0.6 is 0 Å². The number of benzene rings is 2. The number of rotatable bonds is 9. The number of amides is 1. The maximum Gasteiger partial charge on any atom is 0.254 e. The second-order valence-corrected chi connectivity index (χ2v) is 11.3. The van der Waals surface area contributed by atoms with Gasteiger partial charge in [0, 0.05) is 36.6 Å². The molecule has 1 atom stereocenters. The summed E-state index contributed by atoms with van der Waals surface area (Å²) in [4.78, 5) is 27.5. The Morgan fingerprint density at radius 3 is 2.62 bits per heavy atom. The van der Waals surface area contributed by atoms with Crippen LogP contribution in [-0.4, -0.2) is 78.0 Å². The summed E-state index contributed by atoms with van der Waals surface area (Å²) in [5.74, 6) is 1.34. The molecular weight excluding hydrogens is 528 g/mol. The number of hydrogen-bond donors (Lipinski definition) is 1. The monoisotopic (exact) mass is 556 g/mol. The van der Waals surface area contributed by atoms with Gasteiger partial charge in [0.2, 0.25) is 5.95 Å². The van der Waals surface area contributed by atoms with Crippen LogP contribution in [0.5, 0.6) is 11.5 Å². The Hall–Kier alpha value is -4.80. The number of methoxy groups -OCH3 is 1. The van der Waals surface area contributed by atoms with Crippen LogP contribution in [0.1, 0.15) is 15.9 Å². The van der Waals surface area contributed by atoms with E-state index in [2.05, 4.69) is 31.4 Å². The molecule has 1 N–H and O–H groups in total. The van der Waals surface area contributed by atoms with Gasteiger partial charge in [-0.15, -0.1) is 0 Å². The van der Waals surface area contributed by atoms with E-state index in [1.54, 1.807) is 59.7 Å². The average Bonchev–Trinajstić information content (AvgIpc) is 3.50. The molecular formula is C27H28N8O4Si. The molecule has 1 saturated heterocycles. The SMILES string of the molecule is COc1cc(C(=O)N2CCOCC2)ccc1Nc1ncc(-c2ccc(C#N)c(O[Si@@H](C)Cn3cncn3)c2)cn1. The number of carbonyl (C=O) groups excluding carboxylic acids is 1. The summed E-state index contributed by atoms with van der Waals surface area (Å²) in [6.07, 6.45) is 7.15. The van der Waals surface area contributed by atoms with Crippen molar-refractivity contribution in [3.05, 3.63) is 72.6 Å². The van der Waals surface area contributed by atoms with Gasteiger partial charge in [0.1, 0.15) is 30.2 Å². The zero-order valence-electron chi connectivity index (χ0n) is 22.1. The first kappa shape index (κ1) is 26.8. The van der Waals surface area contributed by atoms with Crippen LogP contribution in [0.25, 0.3) is 11.1 Å². The molecule has 1 aliphatic heterocycles. The van der Waals surface area contributed by atoms with Gasteiger partial charge in [-0.2, -0.15) is 10.4 Å². The van der Waals surface area contributed by atoms with E-state index in [-0.39, 0.29) is 5.91 Å². The molecule has 3 heterocycles. The zero-order chi connectivity index (χ0) is 27.9. The predicted molar refractivity (Wildman–Crippen MR) is 149 cm³/mol. The lowest BCUT2D eigenvalue weighted by Crippen LogP contribution is -2.40. The number of carbonyl (C=O) groups is 1. The second-order valence-electron chi connectivity index (χ2n) is 9.11. The molecule has 1 amide bonds. The Morgan fingerprint density at radius 2 is 1.93 bits per heavy atom. The minimum atomic E-state index is -1.73. The van der Waals surface area contributed by atoms with Gasteiger partial charge in [-0.25, -0.2) is 15.0 Å². The Morgan fingerprint density at radius 1 is 1.12 bits per heavy atom. The van der Waals surface area contributed by atoms with Crippen LogP contribution in [0.4, 0.5) is 11.6 Å². The van der Waals surface area contributed by atoms with E-state index in [0.717, 1.165) is 11.1 Å². The molecule has 4 aromatic rings. The number of aromatic nitrogens is 5. The molecule has 2 aromatic carbocycles. The number of nitrogens with zero attached hydrogens (tertiary/aromatic N) is 7. The van der Waals surface area contributed by atoms with Crippen LogP contribution in [0.15, 0.2) is 61.4 Å². The van der Waals surface area contributed by atoms with Crippen molar-refractivity contribution in [1.29, 1.82) is 5.26 Å². The zero-order valence-corrected chi connectivity index (χ0v) is 23.3. The van der Waals surface area contributed by atoms with E-state index < -0.39 is 9.04 Å². The van der Waals surface area contributed by atoms with Gasteiger partial charge in [0.25, 0.3) is 14.9 Å². The van der Waals surface area contributed by atoms with Crippen LogP contribution < -0.4 is 14.5 Å². The maximum atomic E-state index is 12.8. The van der Waals surface area contributed by atoms with Gasteiger partial charge in [-0.05, 0) is 42.4 Å². The number of morpholine rings is 1. The molecule has 0 saturated carbocycles.